The SMILES string of the molecule is O=C(NCc1cccs1)[C@H]1CCCN1C(=O)Nc1cccc(F)c1. The van der Waals surface area contributed by atoms with E-state index in [4.69, 9.17) is 0 Å². The zero-order valence-electron chi connectivity index (χ0n) is 13.0. The van der Waals surface area contributed by atoms with Gasteiger partial charge in [-0.25, -0.2) is 9.18 Å². The molecule has 3 amide bonds. The molecule has 126 valence electrons. The van der Waals surface area contributed by atoms with Crippen LogP contribution in [0.1, 0.15) is 17.7 Å². The molecule has 24 heavy (non-hydrogen) atoms. The van der Waals surface area contributed by atoms with Gasteiger partial charge in [-0.15, -0.1) is 11.3 Å². The number of benzene rings is 1. The van der Waals surface area contributed by atoms with Gasteiger partial charge in [-0.2, -0.15) is 0 Å². The second-order valence-corrected chi connectivity index (χ2v) is 6.62. The fourth-order valence-corrected chi connectivity index (χ4v) is 3.39. The van der Waals surface area contributed by atoms with Gasteiger partial charge in [-0.3, -0.25) is 4.79 Å². The third-order valence-electron chi connectivity index (χ3n) is 3.91. The summed E-state index contributed by atoms with van der Waals surface area (Å²) in [4.78, 5) is 27.3. The summed E-state index contributed by atoms with van der Waals surface area (Å²) in [6, 6.07) is 8.72. The van der Waals surface area contributed by atoms with E-state index < -0.39 is 11.9 Å². The first-order valence-electron chi connectivity index (χ1n) is 7.77. The zero-order chi connectivity index (χ0) is 16.9. The van der Waals surface area contributed by atoms with Gasteiger partial charge in [0.25, 0.3) is 0 Å². The predicted molar refractivity (Wildman–Crippen MR) is 91.3 cm³/mol. The van der Waals surface area contributed by atoms with E-state index in [-0.39, 0.29) is 11.9 Å². The number of carbonyl (C=O) groups is 2. The molecule has 5 nitrogen and oxygen atoms in total. The summed E-state index contributed by atoms with van der Waals surface area (Å²) < 4.78 is 13.2. The maximum Gasteiger partial charge on any atom is 0.322 e. The van der Waals surface area contributed by atoms with Crippen molar-refractivity contribution in [3.8, 4) is 0 Å². The standard InChI is InChI=1S/C17H18FN3O2S/c18-12-4-1-5-13(10-12)20-17(23)21-8-2-7-15(21)16(22)19-11-14-6-3-9-24-14/h1,3-6,9-10,15H,2,7-8,11H2,(H,19,22)(H,20,23)/t15-/m1/s1. The summed E-state index contributed by atoms with van der Waals surface area (Å²) in [5.41, 5.74) is 0.379. The van der Waals surface area contributed by atoms with Crippen LogP contribution < -0.4 is 10.6 Å². The first-order valence-corrected chi connectivity index (χ1v) is 8.65. The number of urea groups is 1. The molecule has 1 aliphatic heterocycles. The van der Waals surface area contributed by atoms with Gasteiger partial charge in [0.1, 0.15) is 11.9 Å². The van der Waals surface area contributed by atoms with Crippen LogP contribution in [0.3, 0.4) is 0 Å². The molecule has 7 heteroatoms. The Kier molecular flexibility index (Phi) is 5.10. The van der Waals surface area contributed by atoms with Crippen LogP contribution in [0.2, 0.25) is 0 Å². The number of amides is 3. The van der Waals surface area contributed by atoms with Crippen molar-refractivity contribution in [1.82, 2.24) is 10.2 Å². The number of anilines is 1. The number of thiophene rings is 1. The van der Waals surface area contributed by atoms with Gasteiger partial charge in [0.2, 0.25) is 5.91 Å². The lowest BCUT2D eigenvalue weighted by molar-refractivity contribution is -0.124. The molecule has 3 rings (SSSR count). The zero-order valence-corrected chi connectivity index (χ0v) is 13.8. The van der Waals surface area contributed by atoms with Crippen molar-refractivity contribution in [3.05, 3.63) is 52.5 Å². The van der Waals surface area contributed by atoms with Gasteiger partial charge < -0.3 is 15.5 Å². The molecule has 0 radical (unpaired) electrons. The largest absolute Gasteiger partial charge is 0.349 e. The van der Waals surface area contributed by atoms with E-state index in [2.05, 4.69) is 10.6 Å². The molecule has 0 spiro atoms. The van der Waals surface area contributed by atoms with E-state index in [0.717, 1.165) is 11.3 Å². The molecule has 1 aromatic heterocycles. The Morgan fingerprint density at radius 3 is 2.92 bits per heavy atom. The van der Waals surface area contributed by atoms with Crippen LogP contribution in [0, 0.1) is 5.82 Å². The quantitative estimate of drug-likeness (QED) is 0.892. The molecule has 0 aliphatic carbocycles. The van der Waals surface area contributed by atoms with Gasteiger partial charge in [-0.1, -0.05) is 12.1 Å². The van der Waals surface area contributed by atoms with Crippen molar-refractivity contribution in [2.45, 2.75) is 25.4 Å². The maximum atomic E-state index is 13.2. The summed E-state index contributed by atoms with van der Waals surface area (Å²) >= 11 is 1.57. The van der Waals surface area contributed by atoms with E-state index >= 15 is 0 Å². The van der Waals surface area contributed by atoms with Crippen molar-refractivity contribution < 1.29 is 14.0 Å². The van der Waals surface area contributed by atoms with E-state index in [1.165, 1.54) is 23.1 Å². The summed E-state index contributed by atoms with van der Waals surface area (Å²) in [6.07, 6.45) is 1.40. The van der Waals surface area contributed by atoms with Crippen molar-refractivity contribution in [2.24, 2.45) is 0 Å². The highest BCUT2D eigenvalue weighted by atomic mass is 32.1. The van der Waals surface area contributed by atoms with Gasteiger partial charge in [-0.05, 0) is 42.5 Å². The summed E-state index contributed by atoms with van der Waals surface area (Å²) in [5.74, 6) is -0.574. The molecular formula is C17H18FN3O2S. The van der Waals surface area contributed by atoms with Crippen LogP contribution in [0.15, 0.2) is 41.8 Å². The monoisotopic (exact) mass is 347 g/mol. The number of nitrogens with zero attached hydrogens (tertiary/aromatic N) is 1. The Bertz CT molecular complexity index is 720. The Labute approximate surface area is 143 Å². The lowest BCUT2D eigenvalue weighted by atomic mass is 10.2. The van der Waals surface area contributed by atoms with Crippen LogP contribution >= 0.6 is 11.3 Å². The predicted octanol–water partition coefficient (Wildman–Crippen LogP) is 3.20. The molecule has 0 saturated carbocycles. The molecule has 2 aromatic rings. The van der Waals surface area contributed by atoms with Gasteiger partial charge in [0.15, 0.2) is 0 Å². The van der Waals surface area contributed by atoms with Crippen LogP contribution in [0.5, 0.6) is 0 Å². The summed E-state index contributed by atoms with van der Waals surface area (Å²) in [5, 5.41) is 7.48. The molecule has 0 bridgehead atoms. The lowest BCUT2D eigenvalue weighted by Gasteiger charge is -2.24. The minimum atomic E-state index is -0.487. The normalized spacial score (nSPS) is 16.9. The second-order valence-electron chi connectivity index (χ2n) is 5.59. The third-order valence-corrected chi connectivity index (χ3v) is 4.79. The molecular weight excluding hydrogens is 329 g/mol. The fourth-order valence-electron chi connectivity index (χ4n) is 2.75. The smallest absolute Gasteiger partial charge is 0.322 e. The van der Waals surface area contributed by atoms with Crippen LogP contribution in [-0.4, -0.2) is 29.4 Å². The van der Waals surface area contributed by atoms with Crippen LogP contribution in [0.4, 0.5) is 14.9 Å². The Balaban J connectivity index is 1.59. The minimum Gasteiger partial charge on any atom is -0.349 e. The second kappa shape index (κ2) is 7.44. The topological polar surface area (TPSA) is 61.4 Å². The number of carbonyl (C=O) groups excluding carboxylic acids is 2. The number of halogens is 1. The minimum absolute atomic E-state index is 0.157. The van der Waals surface area contributed by atoms with Gasteiger partial charge in [0.05, 0.1) is 6.54 Å². The average Bonchev–Trinajstić information content (AvgIpc) is 3.24. The van der Waals surface area contributed by atoms with Crippen molar-refractivity contribution in [1.29, 1.82) is 0 Å². The van der Waals surface area contributed by atoms with Crippen molar-refractivity contribution in [2.75, 3.05) is 11.9 Å². The average molecular weight is 347 g/mol. The maximum absolute atomic E-state index is 13.2. The molecule has 0 unspecified atom stereocenters. The van der Waals surface area contributed by atoms with E-state index in [9.17, 15) is 14.0 Å². The summed E-state index contributed by atoms with van der Waals surface area (Å²) in [6.45, 7) is 0.977. The molecule has 1 aromatic carbocycles. The summed E-state index contributed by atoms with van der Waals surface area (Å²) in [7, 11) is 0. The number of hydrogen-bond donors (Lipinski definition) is 2. The van der Waals surface area contributed by atoms with Crippen LogP contribution in [-0.2, 0) is 11.3 Å². The number of nitrogens with one attached hydrogen (secondary N) is 2. The first-order chi connectivity index (χ1) is 11.6. The lowest BCUT2D eigenvalue weighted by Crippen LogP contribution is -2.47. The first kappa shape index (κ1) is 16.4. The third kappa shape index (κ3) is 3.91. The fraction of sp³-hybridized carbons (Fsp3) is 0.294. The number of rotatable bonds is 4. The Hall–Kier alpha value is -2.41. The molecule has 1 aliphatic rings. The van der Waals surface area contributed by atoms with Crippen molar-refractivity contribution in [3.63, 3.8) is 0 Å². The van der Waals surface area contributed by atoms with E-state index in [0.29, 0.717) is 25.2 Å². The highest BCUT2D eigenvalue weighted by Crippen LogP contribution is 2.20. The highest BCUT2D eigenvalue weighted by Gasteiger charge is 2.34. The Morgan fingerprint density at radius 2 is 2.17 bits per heavy atom. The van der Waals surface area contributed by atoms with E-state index in [1.807, 2.05) is 17.5 Å². The molecule has 2 heterocycles. The van der Waals surface area contributed by atoms with E-state index in [1.54, 1.807) is 17.4 Å². The molecule has 1 fully saturated rings. The highest BCUT2D eigenvalue weighted by molar-refractivity contribution is 7.09. The van der Waals surface area contributed by atoms with Gasteiger partial charge in [0, 0.05) is 17.1 Å². The number of hydrogen-bond acceptors (Lipinski definition) is 3. The molecule has 1 saturated heterocycles. The molecule has 2 N–H and O–H groups in total. The molecule has 1 atom stereocenters. The van der Waals surface area contributed by atoms with Gasteiger partial charge >= 0.3 is 6.03 Å². The van der Waals surface area contributed by atoms with Crippen LogP contribution in [0.25, 0.3) is 0 Å². The number of likely N-dealkylation sites (tertiary alicyclic amines) is 1. The van der Waals surface area contributed by atoms with Crippen molar-refractivity contribution >= 4 is 29.0 Å². The Morgan fingerprint density at radius 1 is 1.29 bits per heavy atom.